The monoisotopic (exact) mass is 1390 g/mol. The predicted molar refractivity (Wildman–Crippen MR) is 456 cm³/mol. The summed E-state index contributed by atoms with van der Waals surface area (Å²) in [5.41, 5.74) is 35.6. The van der Waals surface area contributed by atoms with E-state index in [2.05, 4.69) is 421 Å². The Kier molecular flexibility index (Phi) is 14.0. The van der Waals surface area contributed by atoms with Gasteiger partial charge in [-0.3, -0.25) is 0 Å². The van der Waals surface area contributed by atoms with Crippen molar-refractivity contribution in [1.82, 2.24) is 0 Å². The number of benzene rings is 16. The van der Waals surface area contributed by atoms with Crippen molar-refractivity contribution < 1.29 is 4.74 Å². The summed E-state index contributed by atoms with van der Waals surface area (Å²) in [5, 5.41) is 0. The molecule has 0 amide bonds. The molecule has 109 heavy (non-hydrogen) atoms. The fraction of sp³-hybridized carbons (Fsp3) is 0.0495. The maximum atomic E-state index is 7.43. The number of rotatable bonds is 9. The van der Waals surface area contributed by atoms with Crippen molar-refractivity contribution in [3.05, 3.63) is 404 Å². The van der Waals surface area contributed by atoms with E-state index in [0.717, 1.165) is 119 Å². The summed E-state index contributed by atoms with van der Waals surface area (Å²) in [6.07, 6.45) is 0. The SMILES string of the molecule is CC(C)(C)c1cc2c3c(c1)N(c1c(-c4ccccc4)cccc1-c1ccccc1)c1cc4c(cc1B3c1ccccc1N2c1ccccc1)C1(c2ccccc2-c2ccccc21)c1cc2c(cc1N4c1ccccc1)N(c1ccccc1)c1cc(N(c3ccccc3)c3ccccc3)cc3c1B2c1ccccc1O3. The molecule has 1 spiro atoms. The molecule has 16 aromatic rings. The van der Waals surface area contributed by atoms with E-state index in [1.165, 1.54) is 72.2 Å². The maximum Gasteiger partial charge on any atom is 0.256 e. The predicted octanol–water partition coefficient (Wildman–Crippen LogP) is 22.4. The van der Waals surface area contributed by atoms with Crippen molar-refractivity contribution >= 4 is 132 Å². The van der Waals surface area contributed by atoms with Gasteiger partial charge in [-0.2, -0.15) is 0 Å². The standard InChI is InChI=1S/C101H71B2N5O/c1-100(2,3)68-58-92-97-93(59-68)108(99-75(66-34-11-4-12-35-66)50-33-51-76(99)67-36-13-5-14-37-67)91-65-89-82(63-86(91)102(97)83-54-29-31-56-87(83)105(92)71-42-19-8-20-43-71)101(79-52-27-25-48-77(79)78-49-26-28-53-80(78)101)81-62-85-90(64-88(81)106(89)72-44-21-9-22-45-72)107(73-46-23-10-24-47-73)94-60-74(61-96-98(94)103(85)84-55-30-32-57-95(84)109-96)104(69-38-15-6-16-39-69)70-40-17-7-18-41-70/h4-65H,1-3H3. The lowest BCUT2D eigenvalue weighted by atomic mass is 9.33. The van der Waals surface area contributed by atoms with Crippen LogP contribution in [0.1, 0.15) is 48.6 Å². The third-order valence-electron chi connectivity index (χ3n) is 23.7. The molecule has 8 heteroatoms. The topological polar surface area (TPSA) is 25.4 Å². The van der Waals surface area contributed by atoms with Crippen LogP contribution in [0.15, 0.2) is 376 Å². The Labute approximate surface area is 637 Å². The first-order valence-electron chi connectivity index (χ1n) is 38.0. The number of fused-ring (bicyclic) bond motifs is 17. The highest BCUT2D eigenvalue weighted by Gasteiger charge is 2.56. The molecule has 1 aliphatic carbocycles. The lowest BCUT2D eigenvalue weighted by Crippen LogP contribution is -2.62. The van der Waals surface area contributed by atoms with Crippen LogP contribution < -0.4 is 62.0 Å². The van der Waals surface area contributed by atoms with Crippen molar-refractivity contribution in [3.8, 4) is 44.9 Å². The zero-order valence-electron chi connectivity index (χ0n) is 60.6. The summed E-state index contributed by atoms with van der Waals surface area (Å²) >= 11 is 0. The van der Waals surface area contributed by atoms with E-state index in [9.17, 15) is 0 Å². The van der Waals surface area contributed by atoms with E-state index in [-0.39, 0.29) is 18.8 Å². The molecule has 0 radical (unpaired) electrons. The molecular weight excluding hydrogens is 1320 g/mol. The molecule has 0 atom stereocenters. The minimum absolute atomic E-state index is 0.229. The quantitative estimate of drug-likeness (QED) is 0.134. The minimum Gasteiger partial charge on any atom is -0.458 e. The molecule has 6 aliphatic rings. The number of para-hydroxylation sites is 8. The first kappa shape index (κ1) is 62.8. The highest BCUT2D eigenvalue weighted by molar-refractivity contribution is 7.01. The number of hydrogen-bond acceptors (Lipinski definition) is 6. The molecule has 0 saturated carbocycles. The van der Waals surface area contributed by atoms with Crippen LogP contribution in [0.4, 0.5) is 85.3 Å². The second kappa shape index (κ2) is 24.2. The van der Waals surface area contributed by atoms with Crippen LogP contribution in [0.5, 0.6) is 11.5 Å². The molecule has 0 fully saturated rings. The minimum atomic E-state index is -0.903. The first-order chi connectivity index (χ1) is 53.8. The van der Waals surface area contributed by atoms with Gasteiger partial charge in [-0.1, -0.05) is 288 Å². The Balaban J connectivity index is 0.903. The van der Waals surface area contributed by atoms with Gasteiger partial charge in [-0.05, 0) is 191 Å². The number of hydrogen-bond donors (Lipinski definition) is 0. The molecule has 6 nitrogen and oxygen atoms in total. The molecular formula is C101H71B2N5O. The largest absolute Gasteiger partial charge is 0.458 e. The fourth-order valence-electron chi connectivity index (χ4n) is 19.2. The Morgan fingerprint density at radius 3 is 1.21 bits per heavy atom. The second-order valence-electron chi connectivity index (χ2n) is 30.6. The Bertz CT molecular complexity index is 6210. The third kappa shape index (κ3) is 9.31. The fourth-order valence-corrected chi connectivity index (χ4v) is 19.2. The Morgan fingerprint density at radius 2 is 0.679 bits per heavy atom. The zero-order chi connectivity index (χ0) is 72.2. The van der Waals surface area contributed by atoms with Crippen LogP contribution in [0.2, 0.25) is 0 Å². The maximum absolute atomic E-state index is 7.43. The van der Waals surface area contributed by atoms with Gasteiger partial charge >= 0.3 is 0 Å². The van der Waals surface area contributed by atoms with Crippen LogP contribution in [0, 0.1) is 0 Å². The van der Waals surface area contributed by atoms with Crippen LogP contribution >= 0.6 is 0 Å². The average Bonchev–Trinajstić information content (AvgIpc) is 1.63. The molecule has 0 N–H and O–H groups in total. The Hall–Kier alpha value is -13.6. The number of anilines is 15. The van der Waals surface area contributed by atoms with Gasteiger partial charge in [0.25, 0.3) is 13.4 Å². The summed E-state index contributed by atoms with van der Waals surface area (Å²) in [5.74, 6) is 1.68. The van der Waals surface area contributed by atoms with Crippen molar-refractivity contribution in [2.45, 2.75) is 31.6 Å². The van der Waals surface area contributed by atoms with Gasteiger partial charge < -0.3 is 29.2 Å². The number of ether oxygens (including phenoxy) is 1. The van der Waals surface area contributed by atoms with Gasteiger partial charge in [0.2, 0.25) is 0 Å². The molecule has 16 aromatic carbocycles. The van der Waals surface area contributed by atoms with Crippen molar-refractivity contribution in [2.75, 3.05) is 24.5 Å². The zero-order valence-corrected chi connectivity index (χ0v) is 60.6. The molecule has 0 bridgehead atoms. The average molecular weight is 1390 g/mol. The number of nitrogens with zero attached hydrogens (tertiary/aromatic N) is 5. The second-order valence-corrected chi connectivity index (χ2v) is 30.6. The molecule has 0 saturated heterocycles. The smallest absolute Gasteiger partial charge is 0.256 e. The van der Waals surface area contributed by atoms with Gasteiger partial charge in [0.1, 0.15) is 11.5 Å². The van der Waals surface area contributed by atoms with Crippen LogP contribution in [-0.2, 0) is 10.8 Å². The van der Waals surface area contributed by atoms with Gasteiger partial charge in [0, 0.05) is 79.8 Å². The third-order valence-corrected chi connectivity index (χ3v) is 23.7. The van der Waals surface area contributed by atoms with Gasteiger partial charge in [0.15, 0.2) is 0 Å². The van der Waals surface area contributed by atoms with Gasteiger partial charge in [-0.15, -0.1) is 0 Å². The summed E-state index contributed by atoms with van der Waals surface area (Å²) in [7, 11) is 0. The molecule has 22 rings (SSSR count). The highest BCUT2D eigenvalue weighted by atomic mass is 16.5. The molecule has 0 aromatic heterocycles. The Morgan fingerprint density at radius 1 is 0.275 bits per heavy atom. The van der Waals surface area contributed by atoms with Crippen LogP contribution in [0.3, 0.4) is 0 Å². The van der Waals surface area contributed by atoms with E-state index in [0.29, 0.717) is 0 Å². The van der Waals surface area contributed by atoms with E-state index in [1.807, 2.05) is 0 Å². The van der Waals surface area contributed by atoms with Crippen molar-refractivity contribution in [3.63, 3.8) is 0 Å². The lowest BCUT2D eigenvalue weighted by Gasteiger charge is -2.50. The van der Waals surface area contributed by atoms with Gasteiger partial charge in [0.05, 0.1) is 28.2 Å². The summed E-state index contributed by atoms with van der Waals surface area (Å²) in [4.78, 5) is 12.8. The van der Waals surface area contributed by atoms with E-state index in [4.69, 9.17) is 4.74 Å². The molecule has 0 unspecified atom stereocenters. The summed E-state index contributed by atoms with van der Waals surface area (Å²) < 4.78 is 7.43. The van der Waals surface area contributed by atoms with Crippen LogP contribution in [0.25, 0.3) is 33.4 Å². The highest BCUT2D eigenvalue weighted by Crippen LogP contribution is 2.66. The normalized spacial score (nSPS) is 13.9. The molecule has 512 valence electrons. The van der Waals surface area contributed by atoms with Crippen molar-refractivity contribution in [1.29, 1.82) is 0 Å². The van der Waals surface area contributed by atoms with Crippen molar-refractivity contribution in [2.24, 2.45) is 0 Å². The van der Waals surface area contributed by atoms with E-state index >= 15 is 0 Å². The van der Waals surface area contributed by atoms with Crippen LogP contribution in [-0.4, -0.2) is 13.4 Å². The molecule has 5 heterocycles. The van der Waals surface area contributed by atoms with E-state index < -0.39 is 5.41 Å². The lowest BCUT2D eigenvalue weighted by molar-refractivity contribution is 0.487. The summed E-state index contributed by atoms with van der Waals surface area (Å²) in [6, 6.07) is 141. The summed E-state index contributed by atoms with van der Waals surface area (Å²) in [6.45, 7) is 6.64. The van der Waals surface area contributed by atoms with E-state index in [1.54, 1.807) is 0 Å². The molecule has 5 aliphatic heterocycles. The van der Waals surface area contributed by atoms with Gasteiger partial charge in [-0.25, -0.2) is 0 Å². The first-order valence-corrected chi connectivity index (χ1v) is 38.0.